The highest BCUT2D eigenvalue weighted by Gasteiger charge is 2.30. The molecule has 20 heavy (non-hydrogen) atoms. The quantitative estimate of drug-likeness (QED) is 0.898. The van der Waals surface area contributed by atoms with Crippen LogP contribution >= 0.6 is 0 Å². The maximum absolute atomic E-state index is 6.38. The van der Waals surface area contributed by atoms with Crippen LogP contribution in [0.5, 0.6) is 0 Å². The van der Waals surface area contributed by atoms with E-state index in [2.05, 4.69) is 49.9 Å². The van der Waals surface area contributed by atoms with E-state index in [9.17, 15) is 0 Å². The van der Waals surface area contributed by atoms with Crippen molar-refractivity contribution in [2.75, 3.05) is 6.54 Å². The van der Waals surface area contributed by atoms with E-state index in [1.807, 2.05) is 0 Å². The van der Waals surface area contributed by atoms with Gasteiger partial charge in [-0.05, 0) is 45.2 Å². The Morgan fingerprint density at radius 1 is 1.30 bits per heavy atom. The minimum absolute atomic E-state index is 0.170. The fourth-order valence-electron chi connectivity index (χ4n) is 3.66. The standard InChI is InChI=1S/C18H30N2/c1-4-17-11-6-5-7-12-20(17)18(15(3)19)16-10-8-9-14(2)13-16/h8-10,13,15,17-18H,4-7,11-12,19H2,1-3H3. The molecule has 1 fully saturated rings. The number of nitrogens with zero attached hydrogens (tertiary/aromatic N) is 1. The topological polar surface area (TPSA) is 29.3 Å². The van der Waals surface area contributed by atoms with Gasteiger partial charge < -0.3 is 5.73 Å². The summed E-state index contributed by atoms with van der Waals surface area (Å²) in [6.07, 6.45) is 6.60. The van der Waals surface area contributed by atoms with E-state index in [0.717, 1.165) is 0 Å². The molecule has 1 aromatic rings. The second kappa shape index (κ2) is 7.24. The zero-order valence-corrected chi connectivity index (χ0v) is 13.3. The third-order valence-electron chi connectivity index (χ3n) is 4.63. The highest BCUT2D eigenvalue weighted by Crippen LogP contribution is 2.31. The lowest BCUT2D eigenvalue weighted by Crippen LogP contribution is -2.44. The summed E-state index contributed by atoms with van der Waals surface area (Å²) in [5.41, 5.74) is 9.09. The molecule has 0 aromatic heterocycles. The summed E-state index contributed by atoms with van der Waals surface area (Å²) in [4.78, 5) is 2.69. The minimum Gasteiger partial charge on any atom is -0.326 e. The molecule has 0 radical (unpaired) electrons. The molecule has 3 unspecified atom stereocenters. The van der Waals surface area contributed by atoms with Gasteiger partial charge in [-0.1, -0.05) is 49.6 Å². The maximum atomic E-state index is 6.38. The number of rotatable bonds is 4. The summed E-state index contributed by atoms with van der Waals surface area (Å²) >= 11 is 0. The normalized spacial score (nSPS) is 24.1. The Labute approximate surface area is 124 Å². The molecule has 0 bridgehead atoms. The van der Waals surface area contributed by atoms with E-state index < -0.39 is 0 Å². The second-order valence-corrected chi connectivity index (χ2v) is 6.37. The number of benzene rings is 1. The summed E-state index contributed by atoms with van der Waals surface area (Å²) < 4.78 is 0. The highest BCUT2D eigenvalue weighted by molar-refractivity contribution is 5.26. The van der Waals surface area contributed by atoms with Gasteiger partial charge in [0.2, 0.25) is 0 Å². The molecule has 2 heteroatoms. The summed E-state index contributed by atoms with van der Waals surface area (Å²) in [7, 11) is 0. The predicted octanol–water partition coefficient (Wildman–Crippen LogP) is 4.04. The second-order valence-electron chi connectivity index (χ2n) is 6.37. The van der Waals surface area contributed by atoms with Crippen molar-refractivity contribution in [2.45, 2.75) is 71.0 Å². The maximum Gasteiger partial charge on any atom is 0.0499 e. The van der Waals surface area contributed by atoms with Crippen LogP contribution in [0.2, 0.25) is 0 Å². The first kappa shape index (κ1) is 15.5. The molecule has 2 rings (SSSR count). The largest absolute Gasteiger partial charge is 0.326 e. The number of nitrogens with two attached hydrogens (primary N) is 1. The Bertz CT molecular complexity index is 414. The predicted molar refractivity (Wildman–Crippen MR) is 86.8 cm³/mol. The summed E-state index contributed by atoms with van der Waals surface area (Å²) in [6, 6.07) is 10.1. The number of hydrogen-bond donors (Lipinski definition) is 1. The minimum atomic E-state index is 0.170. The van der Waals surface area contributed by atoms with Crippen molar-refractivity contribution >= 4 is 0 Å². The van der Waals surface area contributed by atoms with E-state index >= 15 is 0 Å². The van der Waals surface area contributed by atoms with Crippen molar-refractivity contribution in [1.29, 1.82) is 0 Å². The van der Waals surface area contributed by atoms with Crippen molar-refractivity contribution in [1.82, 2.24) is 4.90 Å². The van der Waals surface area contributed by atoms with Crippen LogP contribution in [0.3, 0.4) is 0 Å². The molecule has 1 aliphatic rings. The van der Waals surface area contributed by atoms with Crippen LogP contribution in [0.4, 0.5) is 0 Å². The third-order valence-corrected chi connectivity index (χ3v) is 4.63. The summed E-state index contributed by atoms with van der Waals surface area (Å²) in [5, 5.41) is 0. The van der Waals surface area contributed by atoms with Crippen LogP contribution in [0.25, 0.3) is 0 Å². The van der Waals surface area contributed by atoms with E-state index in [0.29, 0.717) is 12.1 Å². The highest BCUT2D eigenvalue weighted by atomic mass is 15.2. The molecule has 1 aromatic carbocycles. The van der Waals surface area contributed by atoms with Crippen LogP contribution in [0, 0.1) is 6.92 Å². The van der Waals surface area contributed by atoms with Gasteiger partial charge in [0.25, 0.3) is 0 Å². The number of hydrogen-bond acceptors (Lipinski definition) is 2. The zero-order chi connectivity index (χ0) is 14.5. The molecule has 1 heterocycles. The molecule has 0 spiro atoms. The fourth-order valence-corrected chi connectivity index (χ4v) is 3.66. The van der Waals surface area contributed by atoms with E-state index in [1.54, 1.807) is 0 Å². The van der Waals surface area contributed by atoms with Gasteiger partial charge in [0.15, 0.2) is 0 Å². The molecule has 112 valence electrons. The molecule has 1 saturated heterocycles. The van der Waals surface area contributed by atoms with Gasteiger partial charge in [-0.15, -0.1) is 0 Å². The van der Waals surface area contributed by atoms with Crippen LogP contribution in [0.15, 0.2) is 24.3 Å². The molecule has 0 amide bonds. The van der Waals surface area contributed by atoms with E-state index in [-0.39, 0.29) is 6.04 Å². The monoisotopic (exact) mass is 274 g/mol. The smallest absolute Gasteiger partial charge is 0.0499 e. The Balaban J connectivity index is 2.30. The third kappa shape index (κ3) is 3.62. The van der Waals surface area contributed by atoms with Crippen molar-refractivity contribution in [3.05, 3.63) is 35.4 Å². The lowest BCUT2D eigenvalue weighted by atomic mass is 9.95. The van der Waals surface area contributed by atoms with Crippen LogP contribution in [0.1, 0.15) is 63.1 Å². The van der Waals surface area contributed by atoms with E-state index in [4.69, 9.17) is 5.73 Å². The summed E-state index contributed by atoms with van der Waals surface area (Å²) in [6.45, 7) is 7.84. The van der Waals surface area contributed by atoms with Gasteiger partial charge in [-0.2, -0.15) is 0 Å². The first-order chi connectivity index (χ1) is 9.63. The SMILES string of the molecule is CCC1CCCCCN1C(c1cccc(C)c1)C(C)N. The van der Waals surface area contributed by atoms with Gasteiger partial charge in [0, 0.05) is 18.1 Å². The van der Waals surface area contributed by atoms with Gasteiger partial charge in [0.05, 0.1) is 0 Å². The Morgan fingerprint density at radius 2 is 2.10 bits per heavy atom. The first-order valence-corrected chi connectivity index (χ1v) is 8.21. The lowest BCUT2D eigenvalue weighted by molar-refractivity contribution is 0.117. The van der Waals surface area contributed by atoms with Crippen molar-refractivity contribution in [3.8, 4) is 0 Å². The van der Waals surface area contributed by atoms with Crippen LogP contribution < -0.4 is 5.73 Å². The number of aryl methyl sites for hydroxylation is 1. The Hall–Kier alpha value is -0.860. The average Bonchev–Trinajstić information content (AvgIpc) is 2.64. The van der Waals surface area contributed by atoms with Gasteiger partial charge in [-0.3, -0.25) is 4.90 Å². The van der Waals surface area contributed by atoms with Gasteiger partial charge in [-0.25, -0.2) is 0 Å². The van der Waals surface area contributed by atoms with Gasteiger partial charge >= 0.3 is 0 Å². The van der Waals surface area contributed by atoms with E-state index in [1.165, 1.54) is 49.8 Å². The molecule has 1 aliphatic heterocycles. The Kier molecular flexibility index (Phi) is 5.62. The molecule has 2 N–H and O–H groups in total. The fraction of sp³-hybridized carbons (Fsp3) is 0.667. The molecule has 0 saturated carbocycles. The number of likely N-dealkylation sites (tertiary alicyclic amines) is 1. The average molecular weight is 274 g/mol. The molecule has 3 atom stereocenters. The van der Waals surface area contributed by atoms with Crippen molar-refractivity contribution in [2.24, 2.45) is 5.73 Å². The van der Waals surface area contributed by atoms with Crippen LogP contribution in [-0.4, -0.2) is 23.5 Å². The van der Waals surface area contributed by atoms with Gasteiger partial charge in [0.1, 0.15) is 0 Å². The van der Waals surface area contributed by atoms with Crippen LogP contribution in [-0.2, 0) is 0 Å². The van der Waals surface area contributed by atoms with Crippen molar-refractivity contribution < 1.29 is 0 Å². The molecule has 2 nitrogen and oxygen atoms in total. The molecular formula is C18H30N2. The lowest BCUT2D eigenvalue weighted by Gasteiger charge is -2.39. The zero-order valence-electron chi connectivity index (χ0n) is 13.3. The first-order valence-electron chi connectivity index (χ1n) is 8.21. The summed E-state index contributed by atoms with van der Waals surface area (Å²) in [5.74, 6) is 0. The Morgan fingerprint density at radius 3 is 2.75 bits per heavy atom. The molecular weight excluding hydrogens is 244 g/mol. The molecule has 0 aliphatic carbocycles. The van der Waals surface area contributed by atoms with Crippen molar-refractivity contribution in [3.63, 3.8) is 0 Å².